The average Bonchev–Trinajstić information content (AvgIpc) is 3.29. The highest BCUT2D eigenvalue weighted by atomic mass is 16.5. The molecular weight excluding hydrogens is 865 g/mol. The molecular formula is C49H66N6O12. The van der Waals surface area contributed by atoms with Crippen LogP contribution in [-0.4, -0.2) is 126 Å². The first kappa shape index (κ1) is 58.2. The molecule has 1 aromatic rings. The predicted molar refractivity (Wildman–Crippen MR) is 253 cm³/mol. The lowest BCUT2D eigenvalue weighted by Crippen LogP contribution is -2.35. The van der Waals surface area contributed by atoms with Crippen molar-refractivity contribution in [2.24, 2.45) is 0 Å². The van der Waals surface area contributed by atoms with Crippen molar-refractivity contribution in [1.29, 1.82) is 0 Å². The fourth-order valence-electron chi connectivity index (χ4n) is 6.10. The van der Waals surface area contributed by atoms with E-state index in [1.807, 2.05) is 0 Å². The van der Waals surface area contributed by atoms with Crippen LogP contribution >= 0.6 is 0 Å². The van der Waals surface area contributed by atoms with Gasteiger partial charge in [0.15, 0.2) is 0 Å². The molecule has 0 amide bonds. The topological polar surface area (TPSA) is 238 Å². The van der Waals surface area contributed by atoms with Crippen molar-refractivity contribution < 1.29 is 57.4 Å². The number of carbonyl (C=O) groups excluding carboxylic acids is 10. The summed E-state index contributed by atoms with van der Waals surface area (Å²) in [5.74, 6) is -6.24. The second kappa shape index (κ2) is 31.1. The third kappa shape index (κ3) is 22.3. The van der Waals surface area contributed by atoms with Crippen molar-refractivity contribution in [3.8, 4) is 0 Å². The van der Waals surface area contributed by atoms with Crippen molar-refractivity contribution in [2.75, 3.05) is 67.2 Å². The zero-order valence-electron chi connectivity index (χ0n) is 39.6. The molecule has 0 saturated heterocycles. The van der Waals surface area contributed by atoms with Crippen LogP contribution < -0.4 is 14.7 Å². The van der Waals surface area contributed by atoms with E-state index in [9.17, 15) is 47.9 Å². The first-order valence-electron chi connectivity index (χ1n) is 22.2. The summed E-state index contributed by atoms with van der Waals surface area (Å²) < 4.78 is 10.3. The molecule has 0 unspecified atom stereocenters. The van der Waals surface area contributed by atoms with Gasteiger partial charge in [0.2, 0.25) is 64.1 Å². The summed E-state index contributed by atoms with van der Waals surface area (Å²) in [5, 5.41) is 0. The number of nitrogens with zero attached hydrogens (tertiary/aromatic N) is 6. The van der Waals surface area contributed by atoms with E-state index in [0.717, 1.165) is 12.2 Å². The van der Waals surface area contributed by atoms with Gasteiger partial charge >= 0.3 is 11.9 Å². The molecule has 0 spiro atoms. The Balaban J connectivity index is 4.00. The minimum atomic E-state index is -0.711. The third-order valence-corrected chi connectivity index (χ3v) is 9.81. The van der Waals surface area contributed by atoms with E-state index >= 15 is 0 Å². The number of hydrogen-bond acceptors (Lipinski definition) is 18. The lowest BCUT2D eigenvalue weighted by atomic mass is 10.1. The van der Waals surface area contributed by atoms with E-state index in [1.54, 1.807) is 14.7 Å². The number of hydrogen-bond donors (Lipinski definition) is 0. The molecule has 18 nitrogen and oxygen atoms in total. The van der Waals surface area contributed by atoms with Gasteiger partial charge in [-0.15, -0.1) is 0 Å². The van der Waals surface area contributed by atoms with E-state index in [4.69, 9.17) is 24.4 Å². The SMILES string of the molecule is C=CC(=O)OCCCCN(CCCC(=O)C(=O)C(=C)C)c1nc(N(CCCCOC(=O)C=C)CCCC(=O)C(=O)C(=C)C)nc(N(CCCC(=O)C(=O)C(=C)C)CCCC(=O)C(=O)C(=C)C)n1. The van der Waals surface area contributed by atoms with Gasteiger partial charge in [-0.1, -0.05) is 39.5 Å². The summed E-state index contributed by atoms with van der Waals surface area (Å²) in [6, 6.07) is 0. The number of ketones is 8. The van der Waals surface area contributed by atoms with E-state index in [1.165, 1.54) is 27.7 Å². The van der Waals surface area contributed by atoms with Gasteiger partial charge in [-0.3, -0.25) is 38.4 Å². The Morgan fingerprint density at radius 1 is 0.403 bits per heavy atom. The summed E-state index contributed by atoms with van der Waals surface area (Å²) in [4.78, 5) is 144. The minimum Gasteiger partial charge on any atom is -0.463 e. The Kier molecular flexibility index (Phi) is 27.0. The molecule has 364 valence electrons. The Labute approximate surface area is 393 Å². The first-order chi connectivity index (χ1) is 31.6. The van der Waals surface area contributed by atoms with Crippen molar-refractivity contribution in [3.05, 3.63) is 73.9 Å². The molecule has 18 heteroatoms. The van der Waals surface area contributed by atoms with Gasteiger partial charge in [-0.2, -0.15) is 15.0 Å². The van der Waals surface area contributed by atoms with Gasteiger partial charge in [0.1, 0.15) is 0 Å². The molecule has 67 heavy (non-hydrogen) atoms. The number of rotatable bonds is 39. The molecule has 0 atom stereocenters. The maximum atomic E-state index is 12.8. The van der Waals surface area contributed by atoms with Crippen LogP contribution in [0, 0.1) is 0 Å². The number of carbonyl (C=O) groups is 10. The molecule has 0 saturated carbocycles. The van der Waals surface area contributed by atoms with E-state index in [0.29, 0.717) is 25.7 Å². The van der Waals surface area contributed by atoms with Crippen LogP contribution in [-0.2, 0) is 57.4 Å². The largest absolute Gasteiger partial charge is 0.463 e. The lowest BCUT2D eigenvalue weighted by molar-refractivity contribution is -0.138. The van der Waals surface area contributed by atoms with Crippen molar-refractivity contribution in [2.45, 2.75) is 105 Å². The second-order valence-corrected chi connectivity index (χ2v) is 15.9. The Hall–Kier alpha value is -6.85. The van der Waals surface area contributed by atoms with Gasteiger partial charge in [0.25, 0.3) is 0 Å². The number of esters is 2. The molecule has 0 aliphatic carbocycles. The van der Waals surface area contributed by atoms with E-state index in [-0.39, 0.29) is 144 Å². The minimum absolute atomic E-state index is 0.0769. The molecule has 0 aliphatic heterocycles. The van der Waals surface area contributed by atoms with Crippen molar-refractivity contribution in [1.82, 2.24) is 15.0 Å². The number of Topliss-reactive ketones (excluding diaryl/α,β-unsaturated/α-hetero) is 8. The smallest absolute Gasteiger partial charge is 0.330 e. The molecule has 0 N–H and O–H groups in total. The monoisotopic (exact) mass is 930 g/mol. The summed E-state index contributed by atoms with van der Waals surface area (Å²) in [5.41, 5.74) is 0.375. The molecule has 0 aromatic carbocycles. The molecule has 0 radical (unpaired) electrons. The van der Waals surface area contributed by atoms with Gasteiger partial charge in [0, 0.05) is 77.1 Å². The maximum absolute atomic E-state index is 12.8. The normalized spacial score (nSPS) is 10.4. The van der Waals surface area contributed by atoms with Crippen LogP contribution in [0.4, 0.5) is 17.8 Å². The average molecular weight is 931 g/mol. The molecule has 0 fully saturated rings. The fourth-order valence-corrected chi connectivity index (χ4v) is 6.10. The standard InChI is InChI=1S/C49H66N6O12/c1-11-41(60)66-31-15-13-25-53(27-17-21-37(56)43(62)33(3)4)47-50-48(54(26-14-16-32-67-42(61)12-2)28-18-22-38(57)44(63)34(5)6)52-49(51-47)55(29-19-23-39(58)45(64)35(7)8)30-20-24-40(59)46(65)36(9)10/h11-12H,1-3,5,7,9,13-32H2,4,6,8,10H3. The lowest BCUT2D eigenvalue weighted by Gasteiger charge is -2.29. The number of anilines is 3. The predicted octanol–water partition coefficient (Wildman–Crippen LogP) is 5.29. The first-order valence-corrected chi connectivity index (χ1v) is 22.2. The van der Waals surface area contributed by atoms with Gasteiger partial charge in [0.05, 0.1) is 13.2 Å². The zero-order chi connectivity index (χ0) is 50.6. The highest BCUT2D eigenvalue weighted by molar-refractivity contribution is 6.44. The number of allylic oxidation sites excluding steroid dienone is 4. The molecule has 0 bridgehead atoms. The van der Waals surface area contributed by atoms with Crippen LogP contribution in [0.1, 0.15) is 105 Å². The van der Waals surface area contributed by atoms with E-state index < -0.39 is 58.2 Å². The molecule has 1 heterocycles. The maximum Gasteiger partial charge on any atom is 0.330 e. The Bertz CT molecular complexity index is 1950. The van der Waals surface area contributed by atoms with Gasteiger partial charge < -0.3 is 24.2 Å². The van der Waals surface area contributed by atoms with Crippen LogP contribution in [0.3, 0.4) is 0 Å². The molecule has 0 aliphatic rings. The van der Waals surface area contributed by atoms with Crippen LogP contribution in [0.5, 0.6) is 0 Å². The number of unbranched alkanes of at least 4 members (excludes halogenated alkanes) is 2. The summed E-state index contributed by atoms with van der Waals surface area (Å²) in [7, 11) is 0. The third-order valence-electron chi connectivity index (χ3n) is 9.81. The fraction of sp³-hybridized carbons (Fsp3) is 0.490. The van der Waals surface area contributed by atoms with Gasteiger partial charge in [-0.25, -0.2) is 9.59 Å². The van der Waals surface area contributed by atoms with Crippen molar-refractivity contribution in [3.63, 3.8) is 0 Å². The van der Waals surface area contributed by atoms with Crippen LogP contribution in [0.15, 0.2) is 73.9 Å². The summed E-state index contributed by atoms with van der Waals surface area (Å²) in [6.07, 6.45) is 3.90. The van der Waals surface area contributed by atoms with Crippen molar-refractivity contribution >= 4 is 76.0 Å². The number of ether oxygens (including phenoxy) is 2. The Morgan fingerprint density at radius 2 is 0.627 bits per heavy atom. The van der Waals surface area contributed by atoms with E-state index in [2.05, 4.69) is 39.5 Å². The molecule has 1 rings (SSSR count). The second-order valence-electron chi connectivity index (χ2n) is 15.9. The summed E-state index contributed by atoms with van der Waals surface area (Å²) in [6.45, 7) is 28.1. The Morgan fingerprint density at radius 3 is 0.836 bits per heavy atom. The van der Waals surface area contributed by atoms with Crippen LogP contribution in [0.2, 0.25) is 0 Å². The molecule has 1 aromatic heterocycles. The van der Waals surface area contributed by atoms with Gasteiger partial charge in [-0.05, 0) is 101 Å². The highest BCUT2D eigenvalue weighted by Crippen LogP contribution is 2.23. The quantitative estimate of drug-likeness (QED) is 0.0353. The zero-order valence-corrected chi connectivity index (χ0v) is 39.6. The number of aromatic nitrogens is 3. The highest BCUT2D eigenvalue weighted by Gasteiger charge is 2.24. The van der Waals surface area contributed by atoms with Crippen LogP contribution in [0.25, 0.3) is 0 Å². The summed E-state index contributed by atoms with van der Waals surface area (Å²) >= 11 is 0.